The van der Waals surface area contributed by atoms with Crippen molar-refractivity contribution in [3.63, 3.8) is 0 Å². The second-order valence-corrected chi connectivity index (χ2v) is 10.2. The number of methoxy groups -OCH3 is 1. The van der Waals surface area contributed by atoms with Gasteiger partial charge in [0.2, 0.25) is 0 Å². The maximum atomic E-state index is 15.2. The van der Waals surface area contributed by atoms with E-state index in [2.05, 4.69) is 5.32 Å². The lowest BCUT2D eigenvalue weighted by Crippen LogP contribution is -2.35. The summed E-state index contributed by atoms with van der Waals surface area (Å²) in [7, 11) is 1.69. The molecule has 7 nitrogen and oxygen atoms in total. The molecule has 1 aliphatic carbocycles. The molecule has 1 aliphatic heterocycles. The fourth-order valence-corrected chi connectivity index (χ4v) is 5.37. The first-order chi connectivity index (χ1) is 19.6. The van der Waals surface area contributed by atoms with Gasteiger partial charge in [0.25, 0.3) is 5.56 Å². The second-order valence-electron chi connectivity index (χ2n) is 10.2. The van der Waals surface area contributed by atoms with Crippen LogP contribution in [0, 0.1) is 5.82 Å². The largest absolute Gasteiger partial charge is 0.491 e. The van der Waals surface area contributed by atoms with Gasteiger partial charge in [-0.1, -0.05) is 20.3 Å². The highest BCUT2D eigenvalue weighted by molar-refractivity contribution is 5.83. The van der Waals surface area contributed by atoms with Gasteiger partial charge < -0.3 is 24.3 Å². The van der Waals surface area contributed by atoms with Crippen LogP contribution in [-0.4, -0.2) is 56.3 Å². The molecule has 1 saturated heterocycles. The van der Waals surface area contributed by atoms with Crippen molar-refractivity contribution in [2.24, 2.45) is 0 Å². The van der Waals surface area contributed by atoms with Crippen molar-refractivity contribution in [3.8, 4) is 17.2 Å². The summed E-state index contributed by atoms with van der Waals surface area (Å²) in [4.78, 5) is 13.2. The van der Waals surface area contributed by atoms with E-state index in [1.807, 2.05) is 26.0 Å². The molecule has 0 amide bonds. The fourth-order valence-electron chi connectivity index (χ4n) is 5.37. The Hall–Kier alpha value is -2.94. The first-order valence-electron chi connectivity index (χ1n) is 14.7. The number of hydrogen-bond donors (Lipinski definition) is 1. The Bertz CT molecular complexity index is 1280. The van der Waals surface area contributed by atoms with E-state index in [1.54, 1.807) is 37.6 Å². The van der Waals surface area contributed by atoms with Crippen LogP contribution in [0.3, 0.4) is 0 Å². The van der Waals surface area contributed by atoms with E-state index in [-0.39, 0.29) is 24.9 Å². The number of rotatable bonds is 10. The van der Waals surface area contributed by atoms with Gasteiger partial charge in [0, 0.05) is 45.4 Å². The molecule has 0 bridgehead atoms. The van der Waals surface area contributed by atoms with Crippen LogP contribution in [0.25, 0.3) is 16.5 Å². The molecule has 1 N–H and O–H groups in total. The molecule has 1 saturated carbocycles. The molecule has 2 aromatic carbocycles. The van der Waals surface area contributed by atoms with Gasteiger partial charge in [-0.25, -0.2) is 4.39 Å². The van der Waals surface area contributed by atoms with E-state index in [0.29, 0.717) is 36.1 Å². The molecule has 40 heavy (non-hydrogen) atoms. The summed E-state index contributed by atoms with van der Waals surface area (Å²) in [5.41, 5.74) is 0.246. The van der Waals surface area contributed by atoms with Crippen LogP contribution in [-0.2, 0) is 9.47 Å². The van der Waals surface area contributed by atoms with E-state index >= 15 is 4.39 Å². The van der Waals surface area contributed by atoms with Gasteiger partial charge in [-0.15, -0.1) is 0 Å². The Morgan fingerprint density at radius 2 is 1.93 bits per heavy atom. The maximum Gasteiger partial charge on any atom is 0.262 e. The third kappa shape index (κ3) is 7.83. The fraction of sp³-hybridized carbons (Fsp3) is 0.531. The molecule has 0 radical (unpaired) electrons. The van der Waals surface area contributed by atoms with Gasteiger partial charge >= 0.3 is 0 Å². The summed E-state index contributed by atoms with van der Waals surface area (Å²) in [5, 5.41) is 4.84. The third-order valence-electron chi connectivity index (χ3n) is 7.44. The topological polar surface area (TPSA) is 71.0 Å². The van der Waals surface area contributed by atoms with Crippen LogP contribution < -0.4 is 20.3 Å². The van der Waals surface area contributed by atoms with Gasteiger partial charge in [0.1, 0.15) is 18.5 Å². The lowest BCUT2D eigenvalue weighted by Gasteiger charge is -2.23. The van der Waals surface area contributed by atoms with E-state index < -0.39 is 5.82 Å². The first-order valence-corrected chi connectivity index (χ1v) is 14.7. The standard InChI is InChI=1S/C30H37FN2O5.C2H6.H2/c1-35-16-13-32-22-5-2-3-6-25(18-22)38-29-11-8-23(19-28(29)31)33-14-12-21-17-24(9-10-27(21)30(33)34)37-20-26-7-4-15-36-26;1-2;/h8-12,14,17,19,22,25-26,32H,2-7,13,15-16,18,20H2,1H3;1-2H3;1H/t22?,25-,26+;;/m0../s1. The molecule has 2 aliphatic rings. The van der Waals surface area contributed by atoms with Gasteiger partial charge in [-0.3, -0.25) is 9.36 Å². The summed E-state index contributed by atoms with van der Waals surface area (Å²) in [6, 6.07) is 12.3. The zero-order valence-corrected chi connectivity index (χ0v) is 24.0. The smallest absolute Gasteiger partial charge is 0.262 e. The lowest BCUT2D eigenvalue weighted by atomic mass is 10.1. The van der Waals surface area contributed by atoms with Crippen molar-refractivity contribution in [1.82, 2.24) is 9.88 Å². The van der Waals surface area contributed by atoms with E-state index in [1.165, 1.54) is 10.6 Å². The van der Waals surface area contributed by atoms with Gasteiger partial charge in [0.05, 0.1) is 18.4 Å². The Balaban J connectivity index is 0.00000151. The number of benzene rings is 2. The number of fused-ring (bicyclic) bond motifs is 1. The van der Waals surface area contributed by atoms with Gasteiger partial charge in [-0.05, 0) is 80.3 Å². The summed E-state index contributed by atoms with van der Waals surface area (Å²) in [6.07, 6.45) is 8.80. The minimum atomic E-state index is -0.472. The van der Waals surface area contributed by atoms with Crippen LogP contribution in [0.5, 0.6) is 11.5 Å². The highest BCUT2D eigenvalue weighted by Gasteiger charge is 2.22. The summed E-state index contributed by atoms with van der Waals surface area (Å²) in [5.74, 6) is 0.450. The van der Waals surface area contributed by atoms with E-state index in [4.69, 9.17) is 18.9 Å². The molecule has 0 spiro atoms. The van der Waals surface area contributed by atoms with Crippen LogP contribution in [0.15, 0.2) is 53.5 Å². The number of nitrogens with one attached hydrogen (secondary N) is 1. The molecule has 220 valence electrons. The number of ether oxygens (including phenoxy) is 4. The Kier molecular flexibility index (Phi) is 11.4. The molecule has 1 aromatic heterocycles. The van der Waals surface area contributed by atoms with E-state index in [0.717, 1.165) is 63.5 Å². The third-order valence-corrected chi connectivity index (χ3v) is 7.44. The van der Waals surface area contributed by atoms with Crippen molar-refractivity contribution in [2.45, 2.75) is 77.0 Å². The molecular weight excluding hydrogens is 511 g/mol. The molecule has 3 aromatic rings. The van der Waals surface area contributed by atoms with E-state index in [9.17, 15) is 4.79 Å². The monoisotopic (exact) mass is 556 g/mol. The Morgan fingerprint density at radius 1 is 1.07 bits per heavy atom. The predicted octanol–water partition coefficient (Wildman–Crippen LogP) is 6.28. The minimum absolute atomic E-state index is 0. The number of hydrogen-bond acceptors (Lipinski definition) is 6. The van der Waals surface area contributed by atoms with Crippen molar-refractivity contribution < 1.29 is 24.8 Å². The average molecular weight is 557 g/mol. The van der Waals surface area contributed by atoms with Crippen molar-refractivity contribution in [3.05, 3.63) is 64.8 Å². The van der Waals surface area contributed by atoms with Gasteiger partial charge in [-0.2, -0.15) is 0 Å². The highest BCUT2D eigenvalue weighted by atomic mass is 19.1. The summed E-state index contributed by atoms with van der Waals surface area (Å²) in [6.45, 7) is 6.74. The zero-order valence-electron chi connectivity index (χ0n) is 24.0. The quantitative estimate of drug-likeness (QED) is 0.234. The molecule has 2 heterocycles. The summed E-state index contributed by atoms with van der Waals surface area (Å²) >= 11 is 0. The number of pyridine rings is 1. The highest BCUT2D eigenvalue weighted by Crippen LogP contribution is 2.27. The zero-order chi connectivity index (χ0) is 28.3. The van der Waals surface area contributed by atoms with Crippen LogP contribution >= 0.6 is 0 Å². The number of aromatic nitrogens is 1. The van der Waals surface area contributed by atoms with Crippen molar-refractivity contribution in [1.29, 1.82) is 0 Å². The number of nitrogens with zero attached hydrogens (tertiary/aromatic N) is 1. The lowest BCUT2D eigenvalue weighted by molar-refractivity contribution is 0.0680. The summed E-state index contributed by atoms with van der Waals surface area (Å²) < 4.78 is 39.3. The van der Waals surface area contributed by atoms with Gasteiger partial charge in [0.15, 0.2) is 11.6 Å². The molecule has 1 unspecified atom stereocenters. The SMILES string of the molecule is CC.COCCNC1CCCC[C@H](Oc2ccc(-n3ccc4cc(OC[C@H]5CCCO5)ccc4c3=O)cc2F)C1.[HH]. The molecule has 8 heteroatoms. The molecule has 2 fully saturated rings. The van der Waals surface area contributed by atoms with Crippen LogP contribution in [0.4, 0.5) is 4.39 Å². The van der Waals surface area contributed by atoms with Crippen LogP contribution in [0.2, 0.25) is 0 Å². The Labute approximate surface area is 238 Å². The molecular formula is C32H45FN2O5. The number of halogens is 1. The van der Waals surface area contributed by atoms with Crippen LogP contribution in [0.1, 0.15) is 60.2 Å². The average Bonchev–Trinajstić information content (AvgIpc) is 3.40. The predicted molar refractivity (Wildman–Crippen MR) is 159 cm³/mol. The molecule has 5 rings (SSSR count). The van der Waals surface area contributed by atoms with Crippen molar-refractivity contribution >= 4 is 10.8 Å². The second kappa shape index (κ2) is 15.2. The molecule has 3 atom stereocenters. The van der Waals surface area contributed by atoms with Crippen molar-refractivity contribution in [2.75, 3.05) is 33.5 Å². The first kappa shape index (κ1) is 30.0. The maximum absolute atomic E-state index is 15.2. The normalized spacial score (nSPS) is 20.9. The Morgan fingerprint density at radius 3 is 2.70 bits per heavy atom. The minimum Gasteiger partial charge on any atom is -0.491 e.